The Balaban J connectivity index is 1.95. The van der Waals surface area contributed by atoms with Gasteiger partial charge in [0.2, 0.25) is 0 Å². The Morgan fingerprint density at radius 2 is 1.88 bits per heavy atom. The highest BCUT2D eigenvalue weighted by Crippen LogP contribution is 2.17. The Kier molecular flexibility index (Phi) is 2.29. The van der Waals surface area contributed by atoms with E-state index in [0.29, 0.717) is 5.84 Å². The van der Waals surface area contributed by atoms with E-state index in [1.165, 1.54) is 12.7 Å². The fraction of sp³-hybridized carbons (Fsp3) is 0.167. The van der Waals surface area contributed by atoms with Crippen molar-refractivity contribution in [2.45, 2.75) is 6.04 Å². The van der Waals surface area contributed by atoms with E-state index in [1.807, 2.05) is 42.3 Å². The highest BCUT2D eigenvalue weighted by Gasteiger charge is 2.29. The van der Waals surface area contributed by atoms with Gasteiger partial charge in [-0.1, -0.05) is 18.2 Å². The monoisotopic (exact) mass is 225 g/mol. The summed E-state index contributed by atoms with van der Waals surface area (Å²) in [6, 6.07) is 9.88. The summed E-state index contributed by atoms with van der Waals surface area (Å²) in [6.45, 7) is 0. The average Bonchev–Trinajstić information content (AvgIpc) is 2.87. The van der Waals surface area contributed by atoms with E-state index >= 15 is 0 Å². The SMILES string of the molecule is CN(C1=NC=NC2=NC=N[C@@H]21)c1ccccc1. The number of hydrogen-bond donors (Lipinski definition) is 0. The number of fused-ring (bicyclic) bond motifs is 1. The lowest BCUT2D eigenvalue weighted by molar-refractivity contribution is 1.07. The minimum absolute atomic E-state index is 0.162. The number of benzene rings is 1. The molecule has 0 amide bonds. The molecule has 5 heteroatoms. The van der Waals surface area contributed by atoms with Crippen LogP contribution in [0.15, 0.2) is 50.3 Å². The molecule has 0 bridgehead atoms. The quantitative estimate of drug-likeness (QED) is 0.712. The minimum atomic E-state index is -0.162. The summed E-state index contributed by atoms with van der Waals surface area (Å²) >= 11 is 0. The summed E-state index contributed by atoms with van der Waals surface area (Å²) in [4.78, 5) is 18.8. The maximum Gasteiger partial charge on any atom is 0.169 e. The van der Waals surface area contributed by atoms with Crippen LogP contribution in [-0.4, -0.2) is 37.4 Å². The summed E-state index contributed by atoms with van der Waals surface area (Å²) in [5, 5.41) is 0. The number of likely N-dealkylation sites (N-methyl/N-ethyl adjacent to an activating group) is 1. The molecule has 84 valence electrons. The largest absolute Gasteiger partial charge is 0.331 e. The normalized spacial score (nSPS) is 20.9. The summed E-state index contributed by atoms with van der Waals surface area (Å²) in [6.07, 6.45) is 3.07. The molecule has 5 nitrogen and oxygen atoms in total. The van der Waals surface area contributed by atoms with Crippen LogP contribution in [0.5, 0.6) is 0 Å². The van der Waals surface area contributed by atoms with Crippen molar-refractivity contribution in [1.29, 1.82) is 0 Å². The van der Waals surface area contributed by atoms with Crippen LogP contribution in [0.25, 0.3) is 0 Å². The van der Waals surface area contributed by atoms with E-state index in [1.54, 1.807) is 0 Å². The van der Waals surface area contributed by atoms with Crippen LogP contribution >= 0.6 is 0 Å². The first-order valence-electron chi connectivity index (χ1n) is 5.34. The molecule has 0 N–H and O–H groups in total. The van der Waals surface area contributed by atoms with E-state index in [-0.39, 0.29) is 6.04 Å². The third kappa shape index (κ3) is 1.65. The molecule has 0 aliphatic carbocycles. The van der Waals surface area contributed by atoms with Crippen LogP contribution in [-0.2, 0) is 0 Å². The third-order valence-corrected chi connectivity index (χ3v) is 2.76. The molecule has 1 aromatic rings. The number of nitrogens with zero attached hydrogens (tertiary/aromatic N) is 5. The van der Waals surface area contributed by atoms with Crippen molar-refractivity contribution in [3.05, 3.63) is 30.3 Å². The van der Waals surface area contributed by atoms with Gasteiger partial charge in [-0.05, 0) is 12.1 Å². The molecule has 0 saturated carbocycles. The molecule has 0 spiro atoms. The van der Waals surface area contributed by atoms with E-state index < -0.39 is 0 Å². The van der Waals surface area contributed by atoms with Gasteiger partial charge in [-0.3, -0.25) is 4.99 Å². The first kappa shape index (κ1) is 9.89. The number of amidine groups is 2. The Labute approximate surface area is 99.0 Å². The van der Waals surface area contributed by atoms with Crippen LogP contribution < -0.4 is 4.90 Å². The first-order chi connectivity index (χ1) is 8.36. The molecule has 0 unspecified atom stereocenters. The Hall–Kier alpha value is -2.30. The molecule has 1 aromatic carbocycles. The smallest absolute Gasteiger partial charge is 0.169 e. The highest BCUT2D eigenvalue weighted by atomic mass is 15.2. The van der Waals surface area contributed by atoms with Gasteiger partial charge in [0, 0.05) is 12.7 Å². The Morgan fingerprint density at radius 1 is 1.06 bits per heavy atom. The second-order valence-corrected chi connectivity index (χ2v) is 3.78. The van der Waals surface area contributed by atoms with Crippen molar-refractivity contribution in [3.8, 4) is 0 Å². The molecule has 2 heterocycles. The average molecular weight is 225 g/mol. The molecule has 0 radical (unpaired) electrons. The van der Waals surface area contributed by atoms with Gasteiger partial charge in [-0.2, -0.15) is 0 Å². The van der Waals surface area contributed by atoms with Gasteiger partial charge in [0.15, 0.2) is 11.9 Å². The maximum absolute atomic E-state index is 4.30. The molecule has 0 fully saturated rings. The molecule has 17 heavy (non-hydrogen) atoms. The Morgan fingerprint density at radius 3 is 2.71 bits per heavy atom. The van der Waals surface area contributed by atoms with Crippen molar-refractivity contribution >= 4 is 30.0 Å². The summed E-state index contributed by atoms with van der Waals surface area (Å²) in [5.41, 5.74) is 1.07. The van der Waals surface area contributed by atoms with Gasteiger partial charge in [0.25, 0.3) is 0 Å². The predicted octanol–water partition coefficient (Wildman–Crippen LogP) is 1.37. The molecule has 1 atom stereocenters. The number of anilines is 1. The molecule has 0 saturated heterocycles. The van der Waals surface area contributed by atoms with E-state index in [0.717, 1.165) is 11.5 Å². The van der Waals surface area contributed by atoms with Crippen LogP contribution in [0.4, 0.5) is 5.69 Å². The third-order valence-electron chi connectivity index (χ3n) is 2.76. The molecule has 3 rings (SSSR count). The Bertz CT molecular complexity index is 541. The zero-order valence-corrected chi connectivity index (χ0v) is 9.35. The van der Waals surface area contributed by atoms with Crippen molar-refractivity contribution in [2.24, 2.45) is 20.0 Å². The van der Waals surface area contributed by atoms with Crippen LogP contribution in [0.2, 0.25) is 0 Å². The molecule has 0 aromatic heterocycles. The van der Waals surface area contributed by atoms with Gasteiger partial charge in [0.1, 0.15) is 18.5 Å². The van der Waals surface area contributed by atoms with Gasteiger partial charge in [-0.15, -0.1) is 0 Å². The second kappa shape index (κ2) is 3.93. The standard InChI is InChI=1S/C12H11N5/c1-17(9-5-3-2-4-6-9)12-10-11(14-7-13-10)15-8-16-12/h2-8,10H,1H3/t10-/m0/s1. The van der Waals surface area contributed by atoms with Gasteiger partial charge >= 0.3 is 0 Å². The van der Waals surface area contributed by atoms with Crippen molar-refractivity contribution < 1.29 is 0 Å². The molecule has 2 aliphatic rings. The molecule has 2 aliphatic heterocycles. The lowest BCUT2D eigenvalue weighted by Crippen LogP contribution is -2.40. The van der Waals surface area contributed by atoms with E-state index in [9.17, 15) is 0 Å². The van der Waals surface area contributed by atoms with E-state index in [4.69, 9.17) is 0 Å². The van der Waals surface area contributed by atoms with Crippen molar-refractivity contribution in [1.82, 2.24) is 0 Å². The fourth-order valence-corrected chi connectivity index (χ4v) is 1.85. The van der Waals surface area contributed by atoms with Crippen molar-refractivity contribution in [2.75, 3.05) is 11.9 Å². The van der Waals surface area contributed by atoms with Gasteiger partial charge < -0.3 is 4.90 Å². The maximum atomic E-state index is 4.30. The zero-order valence-electron chi connectivity index (χ0n) is 9.35. The highest BCUT2D eigenvalue weighted by molar-refractivity contribution is 6.23. The summed E-state index contributed by atoms with van der Waals surface area (Å²) < 4.78 is 0. The number of aliphatic imine (C=N–C) groups is 4. The van der Waals surface area contributed by atoms with Crippen LogP contribution in [0, 0.1) is 0 Å². The molecular formula is C12H11N5. The fourth-order valence-electron chi connectivity index (χ4n) is 1.85. The topological polar surface area (TPSA) is 52.7 Å². The molecular weight excluding hydrogens is 214 g/mol. The van der Waals surface area contributed by atoms with Crippen LogP contribution in [0.1, 0.15) is 0 Å². The number of hydrogen-bond acceptors (Lipinski definition) is 5. The van der Waals surface area contributed by atoms with Crippen molar-refractivity contribution in [3.63, 3.8) is 0 Å². The second-order valence-electron chi connectivity index (χ2n) is 3.78. The summed E-state index contributed by atoms with van der Waals surface area (Å²) in [5.74, 6) is 1.55. The zero-order chi connectivity index (χ0) is 11.7. The first-order valence-corrected chi connectivity index (χ1v) is 5.34. The van der Waals surface area contributed by atoms with Gasteiger partial charge in [-0.25, -0.2) is 15.0 Å². The van der Waals surface area contributed by atoms with Crippen LogP contribution in [0.3, 0.4) is 0 Å². The number of para-hydroxylation sites is 1. The minimum Gasteiger partial charge on any atom is -0.331 e. The number of rotatable bonds is 1. The predicted molar refractivity (Wildman–Crippen MR) is 70.5 cm³/mol. The van der Waals surface area contributed by atoms with Gasteiger partial charge in [0.05, 0.1) is 0 Å². The lowest BCUT2D eigenvalue weighted by Gasteiger charge is -2.25. The summed E-state index contributed by atoms with van der Waals surface area (Å²) in [7, 11) is 1.97. The lowest BCUT2D eigenvalue weighted by atomic mass is 10.2. The van der Waals surface area contributed by atoms with E-state index in [2.05, 4.69) is 20.0 Å².